The van der Waals surface area contributed by atoms with Gasteiger partial charge in [-0.1, -0.05) is 11.6 Å². The fraction of sp³-hybridized carbons (Fsp3) is 0.125. The van der Waals surface area contributed by atoms with E-state index in [0.29, 0.717) is 0 Å². The van der Waals surface area contributed by atoms with Gasteiger partial charge in [0.2, 0.25) is 0 Å². The standard InChI is InChI=1S/C8H8ClNO4S.Na/c1-14-7-5(8(10)11)2-4(9)3-6(7)15(12)13;/h2-3H,1H3,(H2,10,11)(H,12,13);/q;+1/p-1. The van der Waals surface area contributed by atoms with Crippen molar-refractivity contribution in [1.29, 1.82) is 0 Å². The van der Waals surface area contributed by atoms with Crippen molar-refractivity contribution in [2.24, 2.45) is 5.73 Å². The summed E-state index contributed by atoms with van der Waals surface area (Å²) in [4.78, 5) is 10.8. The Kier molecular flexibility index (Phi) is 6.54. The number of nitrogens with two attached hydrogens (primary N) is 1. The Hall–Kier alpha value is -0.110. The molecule has 1 rings (SSSR count). The van der Waals surface area contributed by atoms with E-state index in [1.165, 1.54) is 19.2 Å². The molecule has 82 valence electrons. The van der Waals surface area contributed by atoms with Crippen molar-refractivity contribution < 1.29 is 47.9 Å². The molecule has 1 amide bonds. The van der Waals surface area contributed by atoms with Crippen LogP contribution in [0.5, 0.6) is 5.75 Å². The number of carbonyl (C=O) groups is 1. The Bertz CT molecular complexity index is 405. The third-order valence-electron chi connectivity index (χ3n) is 1.67. The van der Waals surface area contributed by atoms with Crippen LogP contribution in [-0.2, 0) is 11.1 Å². The number of hydrogen-bond acceptors (Lipinski definition) is 4. The molecule has 0 aliphatic heterocycles. The van der Waals surface area contributed by atoms with Crippen molar-refractivity contribution in [2.45, 2.75) is 4.90 Å². The molecule has 0 fully saturated rings. The van der Waals surface area contributed by atoms with E-state index in [9.17, 15) is 13.6 Å². The van der Waals surface area contributed by atoms with Crippen molar-refractivity contribution in [3.8, 4) is 5.75 Å². The first-order valence-corrected chi connectivity index (χ1v) is 5.19. The number of amides is 1. The zero-order chi connectivity index (χ0) is 11.6. The van der Waals surface area contributed by atoms with E-state index in [1.807, 2.05) is 0 Å². The first-order valence-electron chi connectivity index (χ1n) is 3.74. The molecule has 1 aromatic carbocycles. The third kappa shape index (κ3) is 3.44. The zero-order valence-electron chi connectivity index (χ0n) is 8.65. The van der Waals surface area contributed by atoms with Gasteiger partial charge in [-0.05, 0) is 23.2 Å². The summed E-state index contributed by atoms with van der Waals surface area (Å²) in [7, 11) is 1.24. The summed E-state index contributed by atoms with van der Waals surface area (Å²) in [6.45, 7) is 0. The molecule has 0 radical (unpaired) electrons. The maximum atomic E-state index is 11.0. The van der Waals surface area contributed by atoms with Gasteiger partial charge in [-0.15, -0.1) is 0 Å². The van der Waals surface area contributed by atoms with Crippen molar-refractivity contribution in [3.63, 3.8) is 0 Å². The summed E-state index contributed by atoms with van der Waals surface area (Å²) >= 11 is 3.09. The van der Waals surface area contributed by atoms with Crippen LogP contribution in [0.4, 0.5) is 0 Å². The van der Waals surface area contributed by atoms with Crippen LogP contribution in [-0.4, -0.2) is 21.8 Å². The van der Waals surface area contributed by atoms with Gasteiger partial charge in [0.05, 0.1) is 17.6 Å². The van der Waals surface area contributed by atoms with Gasteiger partial charge in [0.15, 0.2) is 0 Å². The summed E-state index contributed by atoms with van der Waals surface area (Å²) in [6.07, 6.45) is 0. The Labute approximate surface area is 122 Å². The van der Waals surface area contributed by atoms with Gasteiger partial charge < -0.3 is 15.0 Å². The number of rotatable bonds is 3. The van der Waals surface area contributed by atoms with Crippen LogP contribution in [0, 0.1) is 0 Å². The van der Waals surface area contributed by atoms with Crippen LogP contribution >= 0.6 is 11.6 Å². The van der Waals surface area contributed by atoms with E-state index < -0.39 is 17.0 Å². The number of primary amides is 1. The second-order valence-corrected chi connectivity index (χ2v) is 3.93. The smallest absolute Gasteiger partial charge is 0.768 e. The largest absolute Gasteiger partial charge is 1.00 e. The molecule has 1 unspecified atom stereocenters. The SMILES string of the molecule is COc1c(C(N)=O)cc(Cl)cc1S(=O)[O-].[Na+]. The second-order valence-electron chi connectivity index (χ2n) is 2.58. The van der Waals surface area contributed by atoms with E-state index in [4.69, 9.17) is 22.1 Å². The number of carbonyl (C=O) groups excluding carboxylic acids is 1. The van der Waals surface area contributed by atoms with Crippen molar-refractivity contribution in [2.75, 3.05) is 7.11 Å². The summed E-state index contributed by atoms with van der Waals surface area (Å²) in [5, 5.41) is 0.101. The molecule has 0 saturated carbocycles. The number of ether oxygens (including phenoxy) is 1. The molecular formula is C8H7ClNNaO4S. The first kappa shape index (κ1) is 15.9. The van der Waals surface area contributed by atoms with E-state index in [0.717, 1.165) is 0 Å². The van der Waals surface area contributed by atoms with Crippen LogP contribution in [0.2, 0.25) is 5.02 Å². The van der Waals surface area contributed by atoms with Gasteiger partial charge >= 0.3 is 29.6 Å². The predicted octanol–water partition coefficient (Wildman–Crippen LogP) is -2.31. The molecule has 8 heteroatoms. The van der Waals surface area contributed by atoms with Crippen LogP contribution in [0.3, 0.4) is 0 Å². The van der Waals surface area contributed by atoms with E-state index in [-0.39, 0.29) is 50.8 Å². The molecule has 0 aliphatic rings. The summed E-state index contributed by atoms with van der Waals surface area (Å²) < 4.78 is 26.4. The molecule has 5 nitrogen and oxygen atoms in total. The molecule has 1 aromatic rings. The number of hydrogen-bond donors (Lipinski definition) is 1. The minimum absolute atomic E-state index is 0. The van der Waals surface area contributed by atoms with Gasteiger partial charge in [-0.25, -0.2) is 0 Å². The normalized spacial score (nSPS) is 11.4. The summed E-state index contributed by atoms with van der Waals surface area (Å²) in [5.74, 6) is -0.902. The zero-order valence-corrected chi connectivity index (χ0v) is 12.2. The third-order valence-corrected chi connectivity index (χ3v) is 2.55. The maximum Gasteiger partial charge on any atom is 1.00 e. The van der Waals surface area contributed by atoms with Crippen molar-refractivity contribution >= 4 is 28.6 Å². The Morgan fingerprint density at radius 3 is 2.50 bits per heavy atom. The summed E-state index contributed by atoms with van der Waals surface area (Å²) in [6, 6.07) is 2.43. The molecule has 1 atom stereocenters. The number of benzene rings is 1. The van der Waals surface area contributed by atoms with Crippen molar-refractivity contribution in [3.05, 3.63) is 22.7 Å². The topological polar surface area (TPSA) is 92.5 Å². The molecule has 0 heterocycles. The van der Waals surface area contributed by atoms with Crippen LogP contribution in [0.25, 0.3) is 0 Å². The van der Waals surface area contributed by atoms with Crippen molar-refractivity contribution in [1.82, 2.24) is 0 Å². The first-order chi connectivity index (χ1) is 6.97. The molecular weight excluding hydrogens is 265 g/mol. The minimum Gasteiger partial charge on any atom is -0.768 e. The maximum absolute atomic E-state index is 11.0. The molecule has 0 saturated heterocycles. The van der Waals surface area contributed by atoms with E-state index in [2.05, 4.69) is 0 Å². The van der Waals surface area contributed by atoms with Crippen LogP contribution in [0.15, 0.2) is 17.0 Å². The Morgan fingerprint density at radius 2 is 2.12 bits per heavy atom. The average molecular weight is 272 g/mol. The van der Waals surface area contributed by atoms with Crippen LogP contribution in [0.1, 0.15) is 10.4 Å². The monoisotopic (exact) mass is 271 g/mol. The molecule has 0 aliphatic carbocycles. The predicted molar refractivity (Wildman–Crippen MR) is 53.7 cm³/mol. The van der Waals surface area contributed by atoms with Gasteiger partial charge in [-0.3, -0.25) is 9.00 Å². The van der Waals surface area contributed by atoms with E-state index in [1.54, 1.807) is 0 Å². The van der Waals surface area contributed by atoms with Crippen LogP contribution < -0.4 is 40.0 Å². The van der Waals surface area contributed by atoms with Gasteiger partial charge in [0.1, 0.15) is 5.75 Å². The summed E-state index contributed by atoms with van der Waals surface area (Å²) in [5.41, 5.74) is 4.98. The Morgan fingerprint density at radius 1 is 1.56 bits per heavy atom. The van der Waals surface area contributed by atoms with Gasteiger partial charge in [0, 0.05) is 5.02 Å². The second kappa shape index (κ2) is 6.58. The molecule has 2 N–H and O–H groups in total. The average Bonchev–Trinajstić information content (AvgIpc) is 2.16. The minimum atomic E-state index is -2.54. The van der Waals surface area contributed by atoms with E-state index >= 15 is 0 Å². The fourth-order valence-electron chi connectivity index (χ4n) is 1.09. The number of methoxy groups -OCH3 is 1. The van der Waals surface area contributed by atoms with Gasteiger partial charge in [0.25, 0.3) is 5.91 Å². The molecule has 0 spiro atoms. The molecule has 0 bridgehead atoms. The molecule has 16 heavy (non-hydrogen) atoms. The molecule has 0 aromatic heterocycles. The quantitative estimate of drug-likeness (QED) is 0.494. The Balaban J connectivity index is 0.00000225. The van der Waals surface area contributed by atoms with Gasteiger partial charge in [-0.2, -0.15) is 0 Å². The number of halogens is 1. The fourth-order valence-corrected chi connectivity index (χ4v) is 1.94.